The van der Waals surface area contributed by atoms with Gasteiger partial charge in [-0.15, -0.1) is 11.8 Å². The molecule has 0 bridgehead atoms. The molecule has 35 heavy (non-hydrogen) atoms. The van der Waals surface area contributed by atoms with E-state index in [1.54, 1.807) is 53.8 Å². The Hall–Kier alpha value is -2.68. The number of nitrogens with zero attached hydrogens (tertiary/aromatic N) is 2. The molecule has 1 aliphatic heterocycles. The summed E-state index contributed by atoms with van der Waals surface area (Å²) in [5.74, 6) is -0.0927. The van der Waals surface area contributed by atoms with Gasteiger partial charge in [-0.2, -0.15) is 0 Å². The van der Waals surface area contributed by atoms with Gasteiger partial charge in [0.1, 0.15) is 5.82 Å². The second-order valence-corrected chi connectivity index (χ2v) is 9.78. The highest BCUT2D eigenvalue weighted by molar-refractivity contribution is 7.99. The molecule has 2 aromatic carbocycles. The lowest BCUT2D eigenvalue weighted by Crippen LogP contribution is -2.35. The fraction of sp³-hybridized carbons (Fsp3) is 0.370. The van der Waals surface area contributed by atoms with Crippen molar-refractivity contribution in [2.75, 3.05) is 46.7 Å². The minimum absolute atomic E-state index is 0.0766. The summed E-state index contributed by atoms with van der Waals surface area (Å²) >= 11 is 1.60. The Kier molecular flexibility index (Phi) is 7.94. The number of fused-ring (bicyclic) bond motifs is 1. The van der Waals surface area contributed by atoms with Gasteiger partial charge in [0.15, 0.2) is 11.6 Å². The zero-order valence-corrected chi connectivity index (χ0v) is 21.3. The van der Waals surface area contributed by atoms with Gasteiger partial charge >= 0.3 is 0 Å². The Labute approximate surface area is 208 Å². The number of thioether (sulfide) groups is 1. The number of benzene rings is 2. The largest absolute Gasteiger partial charge is 0.494 e. The minimum atomic E-state index is -0.577. The van der Waals surface area contributed by atoms with E-state index in [4.69, 9.17) is 9.47 Å². The van der Waals surface area contributed by atoms with Crippen LogP contribution in [-0.4, -0.2) is 56.2 Å². The molecule has 0 amide bonds. The maximum absolute atomic E-state index is 15.4. The predicted octanol–water partition coefficient (Wildman–Crippen LogP) is 4.93. The number of halogens is 2. The lowest BCUT2D eigenvalue weighted by Gasteiger charge is -2.24. The van der Waals surface area contributed by atoms with Gasteiger partial charge in [-0.3, -0.25) is 9.36 Å². The lowest BCUT2D eigenvalue weighted by molar-refractivity contribution is 0.154. The Balaban J connectivity index is 1.90. The third kappa shape index (κ3) is 5.01. The van der Waals surface area contributed by atoms with Gasteiger partial charge in [0, 0.05) is 37.9 Å². The summed E-state index contributed by atoms with van der Waals surface area (Å²) in [6, 6.07) is 11.3. The van der Waals surface area contributed by atoms with E-state index in [1.807, 2.05) is 14.0 Å². The number of likely N-dealkylation sites (N-methyl/N-ethyl adjacent to an activating group) is 1. The highest BCUT2D eigenvalue weighted by atomic mass is 32.2. The molecule has 1 unspecified atom stereocenters. The average molecular weight is 501 g/mol. The summed E-state index contributed by atoms with van der Waals surface area (Å²) in [5.41, 5.74) is 2.30. The molecule has 0 radical (unpaired) electrons. The van der Waals surface area contributed by atoms with Crippen LogP contribution in [0.1, 0.15) is 22.7 Å². The first-order valence-electron chi connectivity index (χ1n) is 11.5. The van der Waals surface area contributed by atoms with Crippen molar-refractivity contribution < 1.29 is 18.3 Å². The maximum atomic E-state index is 15.4. The average Bonchev–Trinajstić information content (AvgIpc) is 3.26. The fourth-order valence-electron chi connectivity index (χ4n) is 4.62. The highest BCUT2D eigenvalue weighted by Crippen LogP contribution is 2.40. The van der Waals surface area contributed by atoms with Gasteiger partial charge in [-0.05, 0) is 42.8 Å². The second kappa shape index (κ2) is 10.9. The summed E-state index contributed by atoms with van der Waals surface area (Å²) in [6.45, 7) is 3.79. The molecule has 1 aliphatic rings. The molecule has 0 N–H and O–H groups in total. The summed E-state index contributed by atoms with van der Waals surface area (Å²) in [5, 5.41) is 0.827. The van der Waals surface area contributed by atoms with Crippen molar-refractivity contribution in [1.82, 2.24) is 9.47 Å². The molecule has 4 rings (SSSR count). The topological polar surface area (TPSA) is 43.7 Å². The van der Waals surface area contributed by atoms with E-state index in [9.17, 15) is 9.18 Å². The quantitative estimate of drug-likeness (QED) is 0.417. The van der Waals surface area contributed by atoms with Gasteiger partial charge in [0.05, 0.1) is 30.3 Å². The normalized spacial score (nSPS) is 15.0. The standard InChI is InChI=1S/C27H30F2N2O3S/c1-17-21(14-18-8-5-6-10-22(18)28)27-31(19(16-35-27)15-30(2)12-13-33-3)26(32)24(17)20-9-7-11-23(34-4)25(20)29/h5-11,19H,12-16H2,1-4H3. The van der Waals surface area contributed by atoms with E-state index in [-0.39, 0.29) is 28.7 Å². The lowest BCUT2D eigenvalue weighted by atomic mass is 9.94. The van der Waals surface area contributed by atoms with Crippen LogP contribution in [0.2, 0.25) is 0 Å². The van der Waals surface area contributed by atoms with Crippen LogP contribution in [0.25, 0.3) is 11.1 Å². The molecule has 8 heteroatoms. The minimum Gasteiger partial charge on any atom is -0.494 e. The van der Waals surface area contributed by atoms with Crippen molar-refractivity contribution in [2.24, 2.45) is 0 Å². The van der Waals surface area contributed by atoms with Crippen molar-refractivity contribution in [1.29, 1.82) is 0 Å². The summed E-state index contributed by atoms with van der Waals surface area (Å²) in [4.78, 5) is 16.1. The molecule has 0 saturated carbocycles. The van der Waals surface area contributed by atoms with Gasteiger partial charge in [0.25, 0.3) is 5.56 Å². The van der Waals surface area contributed by atoms with Crippen LogP contribution in [0.4, 0.5) is 8.78 Å². The number of ether oxygens (including phenoxy) is 2. The van der Waals surface area contributed by atoms with Crippen LogP contribution in [0, 0.1) is 18.6 Å². The van der Waals surface area contributed by atoms with E-state index in [1.165, 1.54) is 19.2 Å². The Morgan fingerprint density at radius 1 is 1.14 bits per heavy atom. The Morgan fingerprint density at radius 2 is 1.91 bits per heavy atom. The van der Waals surface area contributed by atoms with Crippen molar-refractivity contribution >= 4 is 11.8 Å². The third-order valence-corrected chi connectivity index (χ3v) is 7.76. The van der Waals surface area contributed by atoms with Crippen LogP contribution in [0.15, 0.2) is 52.3 Å². The van der Waals surface area contributed by atoms with E-state index in [2.05, 4.69) is 4.90 Å². The zero-order chi connectivity index (χ0) is 25.1. The molecule has 3 aromatic rings. The van der Waals surface area contributed by atoms with E-state index in [0.717, 1.165) is 17.1 Å². The molecule has 2 heterocycles. The van der Waals surface area contributed by atoms with Crippen molar-refractivity contribution in [3.63, 3.8) is 0 Å². The number of pyridine rings is 1. The van der Waals surface area contributed by atoms with Gasteiger partial charge in [-0.1, -0.05) is 30.3 Å². The first-order chi connectivity index (χ1) is 16.9. The van der Waals surface area contributed by atoms with Gasteiger partial charge in [-0.25, -0.2) is 8.78 Å². The first kappa shape index (κ1) is 25.4. The molecular weight excluding hydrogens is 470 g/mol. The SMILES string of the molecule is COCCN(C)CC1CSc2c(Cc3ccccc3F)c(C)c(-c3cccc(OC)c3F)c(=O)n21. The monoisotopic (exact) mass is 500 g/mol. The fourth-order valence-corrected chi connectivity index (χ4v) is 5.99. The molecule has 5 nitrogen and oxygen atoms in total. The molecule has 0 saturated heterocycles. The number of methoxy groups -OCH3 is 2. The second-order valence-electron chi connectivity index (χ2n) is 8.77. The number of aromatic nitrogens is 1. The smallest absolute Gasteiger partial charge is 0.260 e. The van der Waals surface area contributed by atoms with Crippen LogP contribution in [-0.2, 0) is 11.2 Å². The van der Waals surface area contributed by atoms with Crippen molar-refractivity contribution in [3.8, 4) is 16.9 Å². The van der Waals surface area contributed by atoms with E-state index in [0.29, 0.717) is 42.0 Å². The molecule has 0 fully saturated rings. The first-order valence-corrected chi connectivity index (χ1v) is 12.5. The summed E-state index contributed by atoms with van der Waals surface area (Å²) in [6.07, 6.45) is 0.311. The molecule has 1 aromatic heterocycles. The van der Waals surface area contributed by atoms with E-state index >= 15 is 4.39 Å². The number of hydrogen-bond acceptors (Lipinski definition) is 5. The summed E-state index contributed by atoms with van der Waals surface area (Å²) in [7, 11) is 5.05. The van der Waals surface area contributed by atoms with Crippen LogP contribution >= 0.6 is 11.8 Å². The van der Waals surface area contributed by atoms with Crippen LogP contribution in [0.3, 0.4) is 0 Å². The van der Waals surface area contributed by atoms with Gasteiger partial charge < -0.3 is 14.4 Å². The van der Waals surface area contributed by atoms with Crippen molar-refractivity contribution in [3.05, 3.63) is 81.1 Å². The predicted molar refractivity (Wildman–Crippen MR) is 136 cm³/mol. The number of rotatable bonds is 9. The molecule has 0 aliphatic carbocycles. The highest BCUT2D eigenvalue weighted by Gasteiger charge is 2.32. The molecule has 0 spiro atoms. The van der Waals surface area contributed by atoms with Crippen molar-refractivity contribution in [2.45, 2.75) is 24.4 Å². The molecule has 186 valence electrons. The molecule has 1 atom stereocenters. The summed E-state index contributed by atoms with van der Waals surface area (Å²) < 4.78 is 42.1. The third-order valence-electron chi connectivity index (χ3n) is 6.49. The maximum Gasteiger partial charge on any atom is 0.260 e. The van der Waals surface area contributed by atoms with E-state index < -0.39 is 5.82 Å². The zero-order valence-electron chi connectivity index (χ0n) is 20.4. The van der Waals surface area contributed by atoms with Gasteiger partial charge in [0.2, 0.25) is 0 Å². The molecular formula is C27H30F2N2O3S. The number of hydrogen-bond donors (Lipinski definition) is 0. The Morgan fingerprint density at radius 3 is 2.63 bits per heavy atom. The van der Waals surface area contributed by atoms with Crippen LogP contribution in [0.5, 0.6) is 5.75 Å². The van der Waals surface area contributed by atoms with Crippen LogP contribution < -0.4 is 10.3 Å². The Bertz CT molecular complexity index is 1280.